The molecule has 4 rings (SSSR count). The molecule has 8 heteroatoms. The summed E-state index contributed by atoms with van der Waals surface area (Å²) in [6, 6.07) is 15.1. The highest BCUT2D eigenvalue weighted by atomic mass is 35.5. The number of benzene rings is 2. The molecule has 0 radical (unpaired) electrons. The Hall–Kier alpha value is -3.58. The molecule has 1 aromatic heterocycles. The van der Waals surface area contributed by atoms with Gasteiger partial charge in [-0.3, -0.25) is 4.79 Å². The Morgan fingerprint density at radius 3 is 2.65 bits per heavy atom. The Bertz CT molecular complexity index is 1410. The SMILES string of the molecule is CC=C1C(c2ccc(=O)n(Cc3ccccc3)n2)=c2cc(Cl)cc(F)c2=[N+]1CC(=O)O. The molecule has 1 aliphatic heterocycles. The zero-order chi connectivity index (χ0) is 22.1. The molecule has 2 aromatic carbocycles. The maximum atomic E-state index is 14.8. The van der Waals surface area contributed by atoms with Crippen LogP contribution < -0.4 is 20.7 Å². The molecule has 2 heterocycles. The van der Waals surface area contributed by atoms with E-state index < -0.39 is 18.3 Å². The van der Waals surface area contributed by atoms with E-state index in [0.29, 0.717) is 22.2 Å². The van der Waals surface area contributed by atoms with E-state index >= 15 is 0 Å². The predicted octanol–water partition coefficient (Wildman–Crippen LogP) is 1.78. The number of carboxylic acids is 1. The number of rotatable bonds is 5. The minimum Gasteiger partial charge on any atom is -0.477 e. The fraction of sp³-hybridized carbons (Fsp3) is 0.130. The molecular formula is C23H18ClFN3O3+. The van der Waals surface area contributed by atoms with Gasteiger partial charge in [0.25, 0.3) is 10.9 Å². The maximum absolute atomic E-state index is 14.8. The average molecular weight is 439 g/mol. The van der Waals surface area contributed by atoms with Crippen LogP contribution in [0.5, 0.6) is 0 Å². The molecule has 0 atom stereocenters. The second-order valence-corrected chi connectivity index (χ2v) is 7.45. The fourth-order valence-corrected chi connectivity index (χ4v) is 3.95. The van der Waals surface area contributed by atoms with Crippen molar-refractivity contribution in [1.82, 2.24) is 14.4 Å². The first-order valence-corrected chi connectivity index (χ1v) is 9.91. The van der Waals surface area contributed by atoms with Crippen molar-refractivity contribution in [3.63, 3.8) is 0 Å². The van der Waals surface area contributed by atoms with Crippen LogP contribution in [0.3, 0.4) is 0 Å². The first-order valence-electron chi connectivity index (χ1n) is 9.54. The molecule has 0 unspecified atom stereocenters. The number of hydrogen-bond acceptors (Lipinski definition) is 3. The molecular weight excluding hydrogens is 421 g/mol. The van der Waals surface area contributed by atoms with E-state index in [2.05, 4.69) is 5.10 Å². The van der Waals surface area contributed by atoms with E-state index in [1.165, 1.54) is 15.3 Å². The molecule has 0 fully saturated rings. The number of halogens is 2. The second kappa shape index (κ2) is 8.28. The molecule has 0 bridgehead atoms. The van der Waals surface area contributed by atoms with Crippen molar-refractivity contribution >= 4 is 23.1 Å². The van der Waals surface area contributed by atoms with Gasteiger partial charge in [-0.1, -0.05) is 41.9 Å². The van der Waals surface area contributed by atoms with Crippen molar-refractivity contribution < 1.29 is 14.3 Å². The van der Waals surface area contributed by atoms with Crippen LogP contribution in [0.1, 0.15) is 18.2 Å². The van der Waals surface area contributed by atoms with Gasteiger partial charge in [0.05, 0.1) is 23.0 Å². The number of nitrogens with zero attached hydrogens (tertiary/aromatic N) is 3. The molecule has 31 heavy (non-hydrogen) atoms. The summed E-state index contributed by atoms with van der Waals surface area (Å²) in [7, 11) is 0. The molecule has 0 saturated heterocycles. The van der Waals surface area contributed by atoms with Crippen LogP contribution in [0.4, 0.5) is 4.39 Å². The molecule has 6 nitrogen and oxygen atoms in total. The lowest BCUT2D eigenvalue weighted by molar-refractivity contribution is -0.136. The highest BCUT2D eigenvalue weighted by Gasteiger charge is 2.33. The molecule has 1 N–H and O–H groups in total. The van der Waals surface area contributed by atoms with Gasteiger partial charge in [-0.2, -0.15) is 14.1 Å². The van der Waals surface area contributed by atoms with Gasteiger partial charge < -0.3 is 5.11 Å². The first-order chi connectivity index (χ1) is 14.9. The van der Waals surface area contributed by atoms with E-state index in [1.807, 2.05) is 30.3 Å². The number of carboxylic acid groups (broad SMARTS) is 1. The van der Waals surface area contributed by atoms with E-state index in [1.54, 1.807) is 25.1 Å². The molecule has 3 aromatic rings. The minimum absolute atomic E-state index is 0.123. The lowest BCUT2D eigenvalue weighted by atomic mass is 10.1. The third kappa shape index (κ3) is 3.92. The van der Waals surface area contributed by atoms with Crippen LogP contribution in [0.2, 0.25) is 5.02 Å². The Morgan fingerprint density at radius 1 is 1.23 bits per heavy atom. The van der Waals surface area contributed by atoms with Crippen molar-refractivity contribution in [1.29, 1.82) is 0 Å². The Morgan fingerprint density at radius 2 is 1.97 bits per heavy atom. The molecule has 0 saturated carbocycles. The highest BCUT2D eigenvalue weighted by molar-refractivity contribution is 6.30. The maximum Gasteiger partial charge on any atom is 0.370 e. The lowest BCUT2D eigenvalue weighted by Crippen LogP contribution is -2.39. The molecule has 0 amide bonds. The van der Waals surface area contributed by atoms with Gasteiger partial charge in [0.1, 0.15) is 0 Å². The predicted molar refractivity (Wildman–Crippen MR) is 115 cm³/mol. The van der Waals surface area contributed by atoms with Crippen LogP contribution in [-0.2, 0) is 11.3 Å². The van der Waals surface area contributed by atoms with Gasteiger partial charge in [-0.05, 0) is 36.8 Å². The van der Waals surface area contributed by atoms with Crippen LogP contribution in [-0.4, -0.2) is 27.4 Å². The standard InChI is InChI=1S/C23H17ClFN3O3/c1-2-19-22(16-10-15(24)11-17(25)23(16)27(19)13-21(30)31)18-8-9-20(29)28(26-18)12-14-6-4-3-5-7-14/h2-11H,12-13H2,1H3/p+1. The summed E-state index contributed by atoms with van der Waals surface area (Å²) in [5.74, 6) is -1.74. The topological polar surface area (TPSA) is 75.2 Å². The second-order valence-electron chi connectivity index (χ2n) is 7.01. The summed E-state index contributed by atoms with van der Waals surface area (Å²) in [5, 5.41) is 14.6. The molecule has 156 valence electrons. The number of allylic oxidation sites excluding steroid dienone is 2. The lowest BCUT2D eigenvalue weighted by Gasteiger charge is -2.08. The van der Waals surface area contributed by atoms with Crippen molar-refractivity contribution in [3.05, 3.63) is 109 Å². The zero-order valence-corrected chi connectivity index (χ0v) is 17.3. The highest BCUT2D eigenvalue weighted by Crippen LogP contribution is 2.21. The van der Waals surface area contributed by atoms with Gasteiger partial charge in [0.2, 0.25) is 12.2 Å². The van der Waals surface area contributed by atoms with E-state index in [0.717, 1.165) is 11.6 Å². The summed E-state index contributed by atoms with van der Waals surface area (Å²) in [6.07, 6.45) is 1.69. The van der Waals surface area contributed by atoms with E-state index in [9.17, 15) is 19.1 Å². The first kappa shape index (κ1) is 20.7. The smallest absolute Gasteiger partial charge is 0.370 e. The summed E-state index contributed by atoms with van der Waals surface area (Å²) in [6.45, 7) is 1.56. The summed E-state index contributed by atoms with van der Waals surface area (Å²) < 4.78 is 17.6. The normalized spacial score (nSPS) is 14.2. The number of carbonyl (C=O) groups is 1. The Labute approximate surface area is 181 Å². The van der Waals surface area contributed by atoms with Crippen LogP contribution >= 0.6 is 11.6 Å². The monoisotopic (exact) mass is 438 g/mol. The Balaban J connectivity index is 1.97. The van der Waals surface area contributed by atoms with Crippen molar-refractivity contribution in [2.75, 3.05) is 6.54 Å². The van der Waals surface area contributed by atoms with Gasteiger partial charge in [0.15, 0.2) is 5.82 Å². The summed E-state index contributed by atoms with van der Waals surface area (Å²) >= 11 is 6.11. The number of aliphatic carboxylic acids is 1. The zero-order valence-electron chi connectivity index (χ0n) is 16.5. The van der Waals surface area contributed by atoms with Gasteiger partial charge in [-0.25, -0.2) is 9.48 Å². The van der Waals surface area contributed by atoms with Crippen molar-refractivity contribution in [2.24, 2.45) is 0 Å². The van der Waals surface area contributed by atoms with Gasteiger partial charge in [0, 0.05) is 11.1 Å². The average Bonchev–Trinajstić information content (AvgIpc) is 3.03. The number of aromatic nitrogens is 2. The third-order valence-electron chi connectivity index (χ3n) is 4.98. The number of fused-ring (bicyclic) bond motifs is 1. The summed E-state index contributed by atoms with van der Waals surface area (Å²) in [5.41, 5.74) is 2.03. The third-order valence-corrected chi connectivity index (χ3v) is 5.20. The summed E-state index contributed by atoms with van der Waals surface area (Å²) in [4.78, 5) is 23.9. The number of hydrogen-bond donors (Lipinski definition) is 1. The quantitative estimate of drug-likeness (QED) is 0.616. The largest absolute Gasteiger partial charge is 0.477 e. The van der Waals surface area contributed by atoms with Gasteiger partial charge >= 0.3 is 5.97 Å². The van der Waals surface area contributed by atoms with Crippen molar-refractivity contribution in [2.45, 2.75) is 13.5 Å². The Kier molecular flexibility index (Phi) is 5.52. The van der Waals surface area contributed by atoms with Gasteiger partial charge in [-0.15, -0.1) is 0 Å². The van der Waals surface area contributed by atoms with Crippen molar-refractivity contribution in [3.8, 4) is 0 Å². The molecule has 0 aliphatic carbocycles. The van der Waals surface area contributed by atoms with Crippen LogP contribution in [0.25, 0.3) is 5.57 Å². The van der Waals surface area contributed by atoms with Crippen LogP contribution in [0.15, 0.2) is 71.2 Å². The fourth-order valence-electron chi connectivity index (χ4n) is 3.75. The van der Waals surface area contributed by atoms with E-state index in [-0.39, 0.29) is 22.5 Å². The molecule has 1 aliphatic rings. The minimum atomic E-state index is -1.11. The van der Waals surface area contributed by atoms with E-state index in [4.69, 9.17) is 11.6 Å². The van der Waals surface area contributed by atoms with Crippen LogP contribution in [0, 0.1) is 5.82 Å². The molecule has 0 spiro atoms.